The fraction of sp³-hybridized carbons (Fsp3) is 0.600. The average molecular weight is 114 g/mol. The van der Waals surface area contributed by atoms with E-state index in [2.05, 4.69) is 5.10 Å². The van der Waals surface area contributed by atoms with Crippen molar-refractivity contribution in [2.24, 2.45) is 5.10 Å². The Morgan fingerprint density at radius 2 is 2.25 bits per heavy atom. The van der Waals surface area contributed by atoms with Crippen molar-refractivity contribution in [2.75, 3.05) is 14.1 Å². The van der Waals surface area contributed by atoms with Crippen LogP contribution < -0.4 is 0 Å². The maximum atomic E-state index is 9.68. The molecule has 0 saturated heterocycles. The molecule has 3 heteroatoms. The molecule has 0 aromatic rings. The molecule has 0 spiro atoms. The third-order valence-corrected chi connectivity index (χ3v) is 0.514. The molecule has 0 rings (SSSR count). The number of hydrazone groups is 1. The molecule has 0 aromatic carbocycles. The lowest BCUT2D eigenvalue weighted by atomic mass is 10.5. The molecular formula is C5H10N2O. The fourth-order valence-electron chi connectivity index (χ4n) is 0.253. The van der Waals surface area contributed by atoms with Gasteiger partial charge in [-0.25, -0.2) is 0 Å². The highest BCUT2D eigenvalue weighted by Gasteiger charge is 1.74. The van der Waals surface area contributed by atoms with Crippen LogP contribution in [0.15, 0.2) is 5.10 Å². The summed E-state index contributed by atoms with van der Waals surface area (Å²) in [7, 11) is 3.61. The summed E-state index contributed by atoms with van der Waals surface area (Å²) in [5.41, 5.74) is 0. The van der Waals surface area contributed by atoms with Crippen LogP contribution in [0.2, 0.25) is 0 Å². The van der Waals surface area contributed by atoms with Crippen LogP contribution in [0.5, 0.6) is 0 Å². The van der Waals surface area contributed by atoms with Gasteiger partial charge in [0.25, 0.3) is 0 Å². The Morgan fingerprint density at radius 1 is 1.62 bits per heavy atom. The van der Waals surface area contributed by atoms with Crippen LogP contribution in [0.4, 0.5) is 0 Å². The Morgan fingerprint density at radius 3 is 2.62 bits per heavy atom. The molecule has 3 nitrogen and oxygen atoms in total. The molecule has 46 valence electrons. The first-order valence-electron chi connectivity index (χ1n) is 2.40. The number of hydrogen-bond acceptors (Lipinski definition) is 3. The van der Waals surface area contributed by atoms with E-state index < -0.39 is 0 Å². The molecule has 0 heterocycles. The quantitative estimate of drug-likeness (QED) is 0.296. The van der Waals surface area contributed by atoms with Gasteiger partial charge in [-0.15, -0.1) is 0 Å². The molecule has 0 amide bonds. The van der Waals surface area contributed by atoms with E-state index in [-0.39, 0.29) is 0 Å². The number of nitrogens with zero attached hydrogens (tertiary/aromatic N) is 2. The lowest BCUT2D eigenvalue weighted by Crippen LogP contribution is -2.01. The van der Waals surface area contributed by atoms with Gasteiger partial charge in [0.15, 0.2) is 0 Å². The second kappa shape index (κ2) is 4.30. The Kier molecular flexibility index (Phi) is 3.84. The van der Waals surface area contributed by atoms with E-state index in [1.54, 1.807) is 25.3 Å². The molecule has 0 N–H and O–H groups in total. The average Bonchev–Trinajstić information content (AvgIpc) is 1.66. The first-order chi connectivity index (χ1) is 3.77. The molecule has 0 unspecified atom stereocenters. The minimum absolute atomic E-state index is 0.401. The van der Waals surface area contributed by atoms with E-state index in [1.165, 1.54) is 0 Å². The Bertz CT molecular complexity index is 88.4. The van der Waals surface area contributed by atoms with Crippen molar-refractivity contribution in [1.29, 1.82) is 0 Å². The number of aldehydes is 1. The molecule has 8 heavy (non-hydrogen) atoms. The van der Waals surface area contributed by atoms with E-state index in [4.69, 9.17) is 0 Å². The molecule has 0 aliphatic rings. The summed E-state index contributed by atoms with van der Waals surface area (Å²) in [6, 6.07) is 0. The Balaban J connectivity index is 3.19. The minimum atomic E-state index is 0.401. The van der Waals surface area contributed by atoms with Gasteiger partial charge in [-0.1, -0.05) is 0 Å². The lowest BCUT2D eigenvalue weighted by molar-refractivity contribution is -0.106. The monoisotopic (exact) mass is 114 g/mol. The second-order valence-electron chi connectivity index (χ2n) is 1.55. The third-order valence-electron chi connectivity index (χ3n) is 0.514. The Hall–Kier alpha value is -0.860. The van der Waals surface area contributed by atoms with Gasteiger partial charge in [-0.2, -0.15) is 5.10 Å². The van der Waals surface area contributed by atoms with E-state index >= 15 is 0 Å². The van der Waals surface area contributed by atoms with Crippen molar-refractivity contribution in [3.63, 3.8) is 0 Å². The standard InChI is InChI=1S/C5H10N2O/c1-7(2)6-4-3-5-8/h4-5H,3H2,1-2H3. The predicted molar refractivity (Wildman–Crippen MR) is 32.9 cm³/mol. The van der Waals surface area contributed by atoms with Gasteiger partial charge in [0.2, 0.25) is 0 Å². The summed E-state index contributed by atoms with van der Waals surface area (Å²) < 4.78 is 0. The molecule has 0 fully saturated rings. The zero-order valence-electron chi connectivity index (χ0n) is 5.16. The second-order valence-corrected chi connectivity index (χ2v) is 1.55. The third kappa shape index (κ3) is 5.14. The fourth-order valence-corrected chi connectivity index (χ4v) is 0.253. The molecule has 0 aliphatic heterocycles. The highest BCUT2D eigenvalue weighted by molar-refractivity contribution is 5.75. The van der Waals surface area contributed by atoms with E-state index in [1.807, 2.05) is 0 Å². The van der Waals surface area contributed by atoms with Crippen LogP contribution in [0.1, 0.15) is 6.42 Å². The largest absolute Gasteiger partial charge is 0.303 e. The number of rotatable bonds is 3. The summed E-state index contributed by atoms with van der Waals surface area (Å²) >= 11 is 0. The van der Waals surface area contributed by atoms with Crippen molar-refractivity contribution < 1.29 is 4.79 Å². The summed E-state index contributed by atoms with van der Waals surface area (Å²) in [5, 5.41) is 5.43. The van der Waals surface area contributed by atoms with Gasteiger partial charge in [0, 0.05) is 26.7 Å². The van der Waals surface area contributed by atoms with Gasteiger partial charge in [-0.05, 0) is 0 Å². The molecule has 0 atom stereocenters. The minimum Gasteiger partial charge on any atom is -0.303 e. The van der Waals surface area contributed by atoms with Crippen LogP contribution in [0.25, 0.3) is 0 Å². The van der Waals surface area contributed by atoms with Crippen molar-refractivity contribution in [3.8, 4) is 0 Å². The summed E-state index contributed by atoms with van der Waals surface area (Å²) in [6.45, 7) is 0. The van der Waals surface area contributed by atoms with Crippen LogP contribution >= 0.6 is 0 Å². The van der Waals surface area contributed by atoms with Crippen LogP contribution in [0, 0.1) is 0 Å². The highest BCUT2D eigenvalue weighted by Crippen LogP contribution is 1.72. The Labute approximate surface area is 49.0 Å². The normalized spacial score (nSPS) is 9.75. The first kappa shape index (κ1) is 7.14. The predicted octanol–water partition coefficient (Wildman–Crippen LogP) is 0.123. The van der Waals surface area contributed by atoms with Crippen LogP contribution in [-0.4, -0.2) is 31.6 Å². The maximum Gasteiger partial charge on any atom is 0.125 e. The smallest absolute Gasteiger partial charge is 0.125 e. The maximum absolute atomic E-state index is 9.68. The molecule has 0 saturated carbocycles. The number of carbonyl (C=O) groups excluding carboxylic acids is 1. The van der Waals surface area contributed by atoms with Gasteiger partial charge in [0.05, 0.1) is 0 Å². The van der Waals surface area contributed by atoms with Crippen molar-refractivity contribution in [2.45, 2.75) is 6.42 Å². The molecule has 0 aliphatic carbocycles. The zero-order chi connectivity index (χ0) is 6.41. The van der Waals surface area contributed by atoms with E-state index in [0.717, 1.165) is 6.29 Å². The van der Waals surface area contributed by atoms with Gasteiger partial charge in [0.1, 0.15) is 6.29 Å². The summed E-state index contributed by atoms with van der Waals surface area (Å²) in [6.07, 6.45) is 2.78. The molecule has 0 radical (unpaired) electrons. The van der Waals surface area contributed by atoms with Crippen LogP contribution in [-0.2, 0) is 4.79 Å². The number of hydrogen-bond donors (Lipinski definition) is 0. The summed E-state index contributed by atoms with van der Waals surface area (Å²) in [5.74, 6) is 0. The van der Waals surface area contributed by atoms with E-state index in [9.17, 15) is 4.79 Å². The SMILES string of the molecule is CN(C)N=CCC=O. The van der Waals surface area contributed by atoms with Crippen molar-refractivity contribution in [1.82, 2.24) is 5.01 Å². The zero-order valence-corrected chi connectivity index (χ0v) is 5.16. The molecule has 0 bridgehead atoms. The van der Waals surface area contributed by atoms with Crippen molar-refractivity contribution in [3.05, 3.63) is 0 Å². The van der Waals surface area contributed by atoms with Gasteiger partial charge in [-0.3, -0.25) is 0 Å². The molecular weight excluding hydrogens is 104 g/mol. The topological polar surface area (TPSA) is 32.7 Å². The number of carbonyl (C=O) groups is 1. The molecule has 0 aromatic heterocycles. The van der Waals surface area contributed by atoms with Crippen molar-refractivity contribution >= 4 is 12.5 Å². The van der Waals surface area contributed by atoms with Gasteiger partial charge >= 0.3 is 0 Å². The highest BCUT2D eigenvalue weighted by atomic mass is 16.1. The van der Waals surface area contributed by atoms with Crippen LogP contribution in [0.3, 0.4) is 0 Å². The summed E-state index contributed by atoms with van der Waals surface area (Å²) in [4.78, 5) is 9.68. The lowest BCUT2D eigenvalue weighted by Gasteiger charge is -1.99. The van der Waals surface area contributed by atoms with Gasteiger partial charge < -0.3 is 9.80 Å². The first-order valence-corrected chi connectivity index (χ1v) is 2.40. The van der Waals surface area contributed by atoms with E-state index in [0.29, 0.717) is 6.42 Å².